The van der Waals surface area contributed by atoms with Crippen molar-refractivity contribution in [2.45, 2.75) is 25.3 Å². The molecule has 3 aromatic heterocycles. The van der Waals surface area contributed by atoms with Gasteiger partial charge in [0.15, 0.2) is 17.2 Å². The SMILES string of the molecule is CN(C(=O)c1ccc(N2CCCCC2)nn1)C1CN(c2ccc3nccn3n2)C1. The average Bonchev–Trinajstić information content (AvgIpc) is 3.21. The zero-order valence-electron chi connectivity index (χ0n) is 16.5. The average molecular weight is 392 g/mol. The second kappa shape index (κ2) is 7.31. The number of rotatable bonds is 4. The molecular weight excluding hydrogens is 368 g/mol. The Hall–Kier alpha value is -3.23. The molecule has 2 saturated heterocycles. The highest BCUT2D eigenvalue weighted by Gasteiger charge is 2.34. The van der Waals surface area contributed by atoms with Crippen LogP contribution in [-0.2, 0) is 0 Å². The van der Waals surface area contributed by atoms with Gasteiger partial charge in [-0.3, -0.25) is 4.79 Å². The molecule has 0 unspecified atom stereocenters. The van der Waals surface area contributed by atoms with Gasteiger partial charge in [-0.2, -0.15) is 0 Å². The van der Waals surface area contributed by atoms with E-state index in [0.717, 1.165) is 43.5 Å². The second-order valence-electron chi connectivity index (χ2n) is 7.72. The summed E-state index contributed by atoms with van der Waals surface area (Å²) in [5.74, 6) is 1.66. The van der Waals surface area contributed by atoms with Gasteiger partial charge in [-0.25, -0.2) is 9.50 Å². The molecule has 0 atom stereocenters. The number of imidazole rings is 1. The first kappa shape index (κ1) is 17.8. The van der Waals surface area contributed by atoms with Gasteiger partial charge in [0.1, 0.15) is 5.82 Å². The Labute approximate surface area is 169 Å². The van der Waals surface area contributed by atoms with Gasteiger partial charge in [0.05, 0.1) is 6.04 Å². The highest BCUT2D eigenvalue weighted by molar-refractivity contribution is 5.92. The molecule has 2 fully saturated rings. The number of fused-ring (bicyclic) bond motifs is 1. The predicted molar refractivity (Wildman–Crippen MR) is 109 cm³/mol. The van der Waals surface area contributed by atoms with Gasteiger partial charge in [0, 0.05) is 45.6 Å². The minimum absolute atomic E-state index is 0.0923. The third-order valence-electron chi connectivity index (χ3n) is 5.85. The lowest BCUT2D eigenvalue weighted by atomic mass is 10.1. The van der Waals surface area contributed by atoms with Crippen LogP contribution in [0.4, 0.5) is 11.6 Å². The van der Waals surface area contributed by atoms with Crippen molar-refractivity contribution in [1.82, 2.24) is 29.7 Å². The molecule has 0 aliphatic carbocycles. The Morgan fingerprint density at radius 2 is 1.79 bits per heavy atom. The molecule has 0 saturated carbocycles. The van der Waals surface area contributed by atoms with E-state index in [-0.39, 0.29) is 11.9 Å². The monoisotopic (exact) mass is 392 g/mol. The van der Waals surface area contributed by atoms with Crippen molar-refractivity contribution in [2.24, 2.45) is 0 Å². The quantitative estimate of drug-likeness (QED) is 0.665. The van der Waals surface area contributed by atoms with Crippen LogP contribution in [0, 0.1) is 0 Å². The fourth-order valence-corrected chi connectivity index (χ4v) is 3.94. The lowest BCUT2D eigenvalue weighted by Gasteiger charge is -2.44. The first-order valence-electron chi connectivity index (χ1n) is 10.1. The third-order valence-corrected chi connectivity index (χ3v) is 5.85. The van der Waals surface area contributed by atoms with Gasteiger partial charge < -0.3 is 14.7 Å². The predicted octanol–water partition coefficient (Wildman–Crippen LogP) is 1.47. The lowest BCUT2D eigenvalue weighted by molar-refractivity contribution is 0.0698. The maximum atomic E-state index is 12.8. The van der Waals surface area contributed by atoms with E-state index in [0.29, 0.717) is 5.69 Å². The molecule has 150 valence electrons. The minimum Gasteiger partial charge on any atom is -0.355 e. The van der Waals surface area contributed by atoms with E-state index >= 15 is 0 Å². The van der Waals surface area contributed by atoms with E-state index in [4.69, 9.17) is 0 Å². The molecule has 0 radical (unpaired) electrons. The van der Waals surface area contributed by atoms with Crippen molar-refractivity contribution in [2.75, 3.05) is 43.0 Å². The van der Waals surface area contributed by atoms with Crippen LogP contribution in [0.25, 0.3) is 5.65 Å². The van der Waals surface area contributed by atoms with Crippen LogP contribution in [0.15, 0.2) is 36.7 Å². The van der Waals surface area contributed by atoms with Gasteiger partial charge in [0.2, 0.25) is 0 Å². The number of hydrogen-bond acceptors (Lipinski definition) is 7. The number of carbonyl (C=O) groups is 1. The van der Waals surface area contributed by atoms with Crippen LogP contribution in [0.1, 0.15) is 29.8 Å². The fourth-order valence-electron chi connectivity index (χ4n) is 3.94. The molecule has 3 aromatic rings. The van der Waals surface area contributed by atoms with Crippen LogP contribution in [0.2, 0.25) is 0 Å². The minimum atomic E-state index is -0.0923. The van der Waals surface area contributed by atoms with Gasteiger partial charge in [-0.05, 0) is 43.5 Å². The summed E-state index contributed by atoms with van der Waals surface area (Å²) in [6.45, 7) is 3.51. The zero-order chi connectivity index (χ0) is 19.8. The number of carbonyl (C=O) groups excluding carboxylic acids is 1. The van der Waals surface area contributed by atoms with Gasteiger partial charge >= 0.3 is 0 Å². The first-order chi connectivity index (χ1) is 14.2. The Kier molecular flexibility index (Phi) is 4.49. The molecule has 0 aromatic carbocycles. The lowest BCUT2D eigenvalue weighted by Crippen LogP contribution is -2.60. The summed E-state index contributed by atoms with van der Waals surface area (Å²) in [6.07, 6.45) is 7.21. The van der Waals surface area contributed by atoms with E-state index in [1.807, 2.05) is 31.4 Å². The molecule has 0 bridgehead atoms. The Morgan fingerprint density at radius 1 is 1.00 bits per heavy atom. The van der Waals surface area contributed by atoms with Crippen molar-refractivity contribution >= 4 is 23.2 Å². The van der Waals surface area contributed by atoms with Crippen molar-refractivity contribution < 1.29 is 4.79 Å². The van der Waals surface area contributed by atoms with Gasteiger partial charge in [0.25, 0.3) is 5.91 Å². The number of piperidine rings is 1. The van der Waals surface area contributed by atoms with Gasteiger partial charge in [-0.1, -0.05) is 0 Å². The molecule has 2 aliphatic rings. The van der Waals surface area contributed by atoms with E-state index in [1.165, 1.54) is 19.3 Å². The van der Waals surface area contributed by atoms with Crippen molar-refractivity contribution in [3.8, 4) is 0 Å². The Morgan fingerprint density at radius 3 is 2.55 bits per heavy atom. The molecule has 0 spiro atoms. The van der Waals surface area contributed by atoms with Crippen LogP contribution < -0.4 is 9.80 Å². The van der Waals surface area contributed by atoms with Crippen molar-refractivity contribution in [3.63, 3.8) is 0 Å². The molecule has 29 heavy (non-hydrogen) atoms. The fraction of sp³-hybridized carbons (Fsp3) is 0.450. The van der Waals surface area contributed by atoms with Crippen LogP contribution in [-0.4, -0.2) is 74.9 Å². The number of anilines is 2. The maximum absolute atomic E-state index is 12.8. The molecule has 1 amide bonds. The molecular formula is C20H24N8O. The number of nitrogens with zero attached hydrogens (tertiary/aromatic N) is 8. The number of aromatic nitrogens is 5. The standard InChI is InChI=1S/C20H24N8O/c1-25(15-13-27(14-15)19-8-7-17-21-9-12-28(17)24-19)20(29)16-5-6-18(23-22-16)26-10-3-2-4-11-26/h5-9,12,15H,2-4,10-11,13-14H2,1H3. The van der Waals surface area contributed by atoms with Crippen molar-refractivity contribution in [3.05, 3.63) is 42.4 Å². The third kappa shape index (κ3) is 3.37. The first-order valence-corrected chi connectivity index (χ1v) is 10.1. The molecule has 5 heterocycles. The van der Waals surface area contributed by atoms with Crippen LogP contribution in [0.5, 0.6) is 0 Å². The summed E-state index contributed by atoms with van der Waals surface area (Å²) in [4.78, 5) is 23.2. The maximum Gasteiger partial charge on any atom is 0.274 e. The van der Waals surface area contributed by atoms with Gasteiger partial charge in [-0.15, -0.1) is 15.3 Å². The van der Waals surface area contributed by atoms with Crippen LogP contribution >= 0.6 is 0 Å². The molecule has 0 N–H and O–H groups in total. The smallest absolute Gasteiger partial charge is 0.274 e. The highest BCUT2D eigenvalue weighted by Crippen LogP contribution is 2.23. The largest absolute Gasteiger partial charge is 0.355 e. The summed E-state index contributed by atoms with van der Waals surface area (Å²) >= 11 is 0. The normalized spacial score (nSPS) is 17.4. The summed E-state index contributed by atoms with van der Waals surface area (Å²) in [5.41, 5.74) is 1.22. The van der Waals surface area contributed by atoms with E-state index in [9.17, 15) is 4.79 Å². The number of hydrogen-bond donors (Lipinski definition) is 0. The van der Waals surface area contributed by atoms with E-state index in [1.54, 1.807) is 21.7 Å². The summed E-state index contributed by atoms with van der Waals surface area (Å²) < 4.78 is 1.76. The van der Waals surface area contributed by atoms with Crippen molar-refractivity contribution in [1.29, 1.82) is 0 Å². The molecule has 5 rings (SSSR count). The summed E-state index contributed by atoms with van der Waals surface area (Å²) in [7, 11) is 1.83. The van der Waals surface area contributed by atoms with E-state index in [2.05, 4.69) is 30.1 Å². The second-order valence-corrected chi connectivity index (χ2v) is 7.72. The number of amides is 1. The number of likely N-dealkylation sites (N-methyl/N-ethyl adjacent to an activating group) is 1. The van der Waals surface area contributed by atoms with E-state index < -0.39 is 0 Å². The van der Waals surface area contributed by atoms with Crippen LogP contribution in [0.3, 0.4) is 0 Å². The summed E-state index contributed by atoms with van der Waals surface area (Å²) in [6, 6.07) is 7.75. The summed E-state index contributed by atoms with van der Waals surface area (Å²) in [5, 5.41) is 13.1. The molecule has 2 aliphatic heterocycles. The Bertz CT molecular complexity index is 1000. The highest BCUT2D eigenvalue weighted by atomic mass is 16.2. The molecule has 9 heteroatoms. The topological polar surface area (TPSA) is 82.8 Å². The zero-order valence-corrected chi connectivity index (χ0v) is 16.5. The molecule has 9 nitrogen and oxygen atoms in total. The Balaban J connectivity index is 1.20.